The van der Waals surface area contributed by atoms with Gasteiger partial charge in [0.25, 0.3) is 0 Å². The first kappa shape index (κ1) is 23.0. The Morgan fingerprint density at radius 1 is 0.935 bits per heavy atom. The third-order valence-electron chi connectivity index (χ3n) is 4.89. The van der Waals surface area contributed by atoms with Gasteiger partial charge in [-0.3, -0.25) is 4.79 Å². The Hall–Kier alpha value is -2.67. The zero-order valence-electron chi connectivity index (χ0n) is 17.7. The number of nitrogens with zero attached hydrogens (tertiary/aromatic N) is 1. The van der Waals surface area contributed by atoms with Crippen LogP contribution < -0.4 is 5.32 Å². The predicted octanol–water partition coefficient (Wildman–Crippen LogP) is 5.09. The van der Waals surface area contributed by atoms with Crippen LogP contribution in [-0.2, 0) is 21.4 Å². The predicted molar refractivity (Wildman–Crippen MR) is 125 cm³/mol. The molecule has 0 spiro atoms. The normalized spacial score (nSPS) is 11.5. The summed E-state index contributed by atoms with van der Waals surface area (Å²) in [5.41, 5.74) is 4.22. The molecular weight excluding hydrogens is 432 g/mol. The first-order chi connectivity index (χ1) is 14.6. The first-order valence-electron chi connectivity index (χ1n) is 9.83. The Morgan fingerprint density at radius 2 is 1.61 bits per heavy atom. The molecule has 7 heteroatoms. The summed E-state index contributed by atoms with van der Waals surface area (Å²) in [6.07, 6.45) is 0. The van der Waals surface area contributed by atoms with Crippen molar-refractivity contribution >= 4 is 33.2 Å². The van der Waals surface area contributed by atoms with Gasteiger partial charge < -0.3 is 5.32 Å². The van der Waals surface area contributed by atoms with Gasteiger partial charge in [-0.05, 0) is 67.8 Å². The van der Waals surface area contributed by atoms with E-state index >= 15 is 0 Å². The summed E-state index contributed by atoms with van der Waals surface area (Å²) in [7, 11) is -3.91. The quantitative estimate of drug-likeness (QED) is 0.538. The number of sulfonamides is 1. The van der Waals surface area contributed by atoms with Gasteiger partial charge in [0, 0.05) is 17.3 Å². The summed E-state index contributed by atoms with van der Waals surface area (Å²) < 4.78 is 27.9. The zero-order valence-corrected chi connectivity index (χ0v) is 19.3. The highest BCUT2D eigenvalue weighted by atomic mass is 35.5. The highest BCUT2D eigenvalue weighted by Crippen LogP contribution is 2.22. The molecule has 3 rings (SSSR count). The summed E-state index contributed by atoms with van der Waals surface area (Å²) in [6, 6.07) is 19.3. The van der Waals surface area contributed by atoms with E-state index in [1.807, 2.05) is 39.0 Å². The van der Waals surface area contributed by atoms with E-state index in [2.05, 4.69) is 5.32 Å². The van der Waals surface area contributed by atoms with Gasteiger partial charge in [0.15, 0.2) is 0 Å². The third kappa shape index (κ3) is 5.94. The second kappa shape index (κ2) is 9.64. The molecule has 0 saturated heterocycles. The molecular formula is C24H25ClN2O3S. The van der Waals surface area contributed by atoms with Gasteiger partial charge >= 0.3 is 0 Å². The van der Waals surface area contributed by atoms with Gasteiger partial charge in [-0.25, -0.2) is 8.42 Å². The van der Waals surface area contributed by atoms with Crippen LogP contribution in [0.1, 0.15) is 22.3 Å². The summed E-state index contributed by atoms with van der Waals surface area (Å²) >= 11 is 6.08. The monoisotopic (exact) mass is 456 g/mol. The van der Waals surface area contributed by atoms with Crippen LogP contribution in [0.5, 0.6) is 0 Å². The second-order valence-electron chi connectivity index (χ2n) is 7.58. The SMILES string of the molecule is Cc1ccc(S(=O)(=O)N(CC(=O)Nc2cc(C)ccc2C)Cc2cccc(Cl)c2)cc1. The number of anilines is 1. The van der Waals surface area contributed by atoms with E-state index in [1.54, 1.807) is 48.5 Å². The second-order valence-corrected chi connectivity index (χ2v) is 9.96. The van der Waals surface area contributed by atoms with Crippen molar-refractivity contribution in [3.63, 3.8) is 0 Å². The van der Waals surface area contributed by atoms with Crippen molar-refractivity contribution in [2.24, 2.45) is 0 Å². The number of benzene rings is 3. The number of carbonyl (C=O) groups excluding carboxylic acids is 1. The van der Waals surface area contributed by atoms with Gasteiger partial charge in [-0.2, -0.15) is 4.31 Å². The van der Waals surface area contributed by atoms with Crippen LogP contribution in [0, 0.1) is 20.8 Å². The van der Waals surface area contributed by atoms with Gasteiger partial charge in [0.05, 0.1) is 11.4 Å². The molecule has 0 aliphatic heterocycles. The molecule has 0 unspecified atom stereocenters. The average Bonchev–Trinajstić information content (AvgIpc) is 2.70. The fourth-order valence-corrected chi connectivity index (χ4v) is 4.74. The number of amides is 1. The van der Waals surface area contributed by atoms with Crippen LogP contribution in [-0.4, -0.2) is 25.2 Å². The molecule has 0 atom stereocenters. The van der Waals surface area contributed by atoms with E-state index in [4.69, 9.17) is 11.6 Å². The van der Waals surface area contributed by atoms with Crippen LogP contribution in [0.15, 0.2) is 71.6 Å². The summed E-state index contributed by atoms with van der Waals surface area (Å²) in [5, 5.41) is 3.34. The molecule has 5 nitrogen and oxygen atoms in total. The van der Waals surface area contributed by atoms with E-state index in [1.165, 1.54) is 4.31 Å². The van der Waals surface area contributed by atoms with Gasteiger partial charge in [-0.1, -0.05) is 53.6 Å². The molecule has 0 bridgehead atoms. The number of hydrogen-bond donors (Lipinski definition) is 1. The van der Waals surface area contributed by atoms with Gasteiger partial charge in [0.1, 0.15) is 0 Å². The minimum atomic E-state index is -3.91. The molecule has 3 aromatic rings. The van der Waals surface area contributed by atoms with Crippen molar-refractivity contribution in [2.45, 2.75) is 32.2 Å². The maximum Gasteiger partial charge on any atom is 0.243 e. The lowest BCUT2D eigenvalue weighted by Gasteiger charge is -2.22. The van der Waals surface area contributed by atoms with Crippen molar-refractivity contribution in [3.8, 4) is 0 Å². The molecule has 0 aliphatic rings. The number of halogens is 1. The van der Waals surface area contributed by atoms with Crippen LogP contribution >= 0.6 is 11.6 Å². The van der Waals surface area contributed by atoms with Crippen molar-refractivity contribution in [1.29, 1.82) is 0 Å². The molecule has 0 saturated carbocycles. The van der Waals surface area contributed by atoms with Crippen LogP contribution in [0.3, 0.4) is 0 Å². The van der Waals surface area contributed by atoms with E-state index in [9.17, 15) is 13.2 Å². The maximum absolute atomic E-state index is 13.4. The molecule has 31 heavy (non-hydrogen) atoms. The maximum atomic E-state index is 13.4. The minimum Gasteiger partial charge on any atom is -0.325 e. The lowest BCUT2D eigenvalue weighted by Crippen LogP contribution is -2.37. The van der Waals surface area contributed by atoms with Gasteiger partial charge in [-0.15, -0.1) is 0 Å². The number of carbonyl (C=O) groups is 1. The standard InChI is InChI=1S/C24H25ClN2O3S/c1-17-8-11-22(12-9-17)31(29,30)27(15-20-5-4-6-21(25)14-20)16-24(28)26-23-13-18(2)7-10-19(23)3/h4-14H,15-16H2,1-3H3,(H,26,28). The van der Waals surface area contributed by atoms with Crippen LogP contribution in [0.25, 0.3) is 0 Å². The third-order valence-corrected chi connectivity index (χ3v) is 6.93. The fourth-order valence-electron chi connectivity index (χ4n) is 3.14. The lowest BCUT2D eigenvalue weighted by atomic mass is 10.1. The Morgan fingerprint density at radius 3 is 2.29 bits per heavy atom. The van der Waals surface area contributed by atoms with Crippen molar-refractivity contribution in [2.75, 3.05) is 11.9 Å². The number of aryl methyl sites for hydroxylation is 3. The molecule has 1 N–H and O–H groups in total. The van der Waals surface area contributed by atoms with Crippen molar-refractivity contribution in [3.05, 3.63) is 94.0 Å². The summed E-state index contributed by atoms with van der Waals surface area (Å²) in [4.78, 5) is 13.0. The summed E-state index contributed by atoms with van der Waals surface area (Å²) in [6.45, 7) is 5.41. The Kier molecular flexibility index (Phi) is 7.15. The van der Waals surface area contributed by atoms with Crippen LogP contribution in [0.2, 0.25) is 5.02 Å². The molecule has 0 aromatic heterocycles. The highest BCUT2D eigenvalue weighted by molar-refractivity contribution is 7.89. The van der Waals surface area contributed by atoms with Crippen LogP contribution in [0.4, 0.5) is 5.69 Å². The Balaban J connectivity index is 1.90. The Labute approximate surface area is 188 Å². The fraction of sp³-hybridized carbons (Fsp3) is 0.208. The van der Waals surface area contributed by atoms with E-state index in [0.717, 1.165) is 16.7 Å². The largest absolute Gasteiger partial charge is 0.325 e. The summed E-state index contributed by atoms with van der Waals surface area (Å²) in [5.74, 6) is -0.411. The average molecular weight is 457 g/mol. The number of rotatable bonds is 7. The molecule has 0 aliphatic carbocycles. The van der Waals surface area contributed by atoms with E-state index in [0.29, 0.717) is 16.3 Å². The molecule has 3 aromatic carbocycles. The smallest absolute Gasteiger partial charge is 0.243 e. The zero-order chi connectivity index (χ0) is 22.6. The molecule has 0 radical (unpaired) electrons. The van der Waals surface area contributed by atoms with Crippen molar-refractivity contribution < 1.29 is 13.2 Å². The minimum absolute atomic E-state index is 0.0248. The molecule has 1 amide bonds. The van der Waals surface area contributed by atoms with E-state index in [-0.39, 0.29) is 18.0 Å². The number of hydrogen-bond acceptors (Lipinski definition) is 3. The van der Waals surface area contributed by atoms with E-state index < -0.39 is 15.9 Å². The molecule has 0 fully saturated rings. The molecule has 0 heterocycles. The topological polar surface area (TPSA) is 66.5 Å². The molecule has 162 valence electrons. The Bertz CT molecular complexity index is 1190. The van der Waals surface area contributed by atoms with Crippen molar-refractivity contribution in [1.82, 2.24) is 4.31 Å². The number of nitrogens with one attached hydrogen (secondary N) is 1. The van der Waals surface area contributed by atoms with Gasteiger partial charge in [0.2, 0.25) is 15.9 Å². The first-order valence-corrected chi connectivity index (χ1v) is 11.7. The lowest BCUT2D eigenvalue weighted by molar-refractivity contribution is -0.116. The highest BCUT2D eigenvalue weighted by Gasteiger charge is 2.27.